The van der Waals surface area contributed by atoms with Crippen molar-refractivity contribution in [2.75, 3.05) is 5.01 Å². The van der Waals surface area contributed by atoms with Crippen LogP contribution in [-0.2, 0) is 4.79 Å². The van der Waals surface area contributed by atoms with Gasteiger partial charge >= 0.3 is 0 Å². The number of carbonyl (C=O) groups excluding carboxylic acids is 1. The zero-order valence-electron chi connectivity index (χ0n) is 13.0. The summed E-state index contributed by atoms with van der Waals surface area (Å²) in [6.45, 7) is 1.79. The molecule has 4 rings (SSSR count). The van der Waals surface area contributed by atoms with Crippen LogP contribution < -0.4 is 5.01 Å². The van der Waals surface area contributed by atoms with E-state index < -0.39 is 0 Å². The van der Waals surface area contributed by atoms with Crippen molar-refractivity contribution in [3.63, 3.8) is 0 Å². The Morgan fingerprint density at radius 2 is 1.96 bits per heavy atom. The molecular formula is C18H11Cl2N3OS. The average Bonchev–Trinajstić information content (AvgIpc) is 3.12. The van der Waals surface area contributed by atoms with Crippen LogP contribution in [0.15, 0.2) is 53.1 Å². The van der Waals surface area contributed by atoms with Crippen LogP contribution in [0.5, 0.6) is 0 Å². The molecule has 1 aliphatic rings. The number of benzene rings is 2. The largest absolute Gasteiger partial charge is 0.282 e. The Morgan fingerprint density at radius 1 is 1.16 bits per heavy atom. The van der Waals surface area contributed by atoms with E-state index in [-0.39, 0.29) is 5.91 Å². The Labute approximate surface area is 158 Å². The number of amides is 1. The van der Waals surface area contributed by atoms with Gasteiger partial charge in [0, 0.05) is 10.0 Å². The molecule has 124 valence electrons. The summed E-state index contributed by atoms with van der Waals surface area (Å²) in [5.74, 6) is -0.220. The number of para-hydroxylation sites is 1. The van der Waals surface area contributed by atoms with E-state index in [0.29, 0.717) is 26.5 Å². The van der Waals surface area contributed by atoms with E-state index in [4.69, 9.17) is 23.2 Å². The minimum Gasteiger partial charge on any atom is -0.267 e. The minimum atomic E-state index is -0.220. The number of thiazole rings is 1. The van der Waals surface area contributed by atoms with Gasteiger partial charge in [-0.2, -0.15) is 10.1 Å². The van der Waals surface area contributed by atoms with E-state index >= 15 is 0 Å². The third-order valence-corrected chi connectivity index (χ3v) is 5.36. The Bertz CT molecular complexity index is 1040. The number of anilines is 1. The number of nitrogens with zero attached hydrogens (tertiary/aromatic N) is 3. The predicted molar refractivity (Wildman–Crippen MR) is 105 cm³/mol. The van der Waals surface area contributed by atoms with Crippen molar-refractivity contribution in [2.24, 2.45) is 5.10 Å². The topological polar surface area (TPSA) is 45.6 Å². The summed E-state index contributed by atoms with van der Waals surface area (Å²) in [5, 5.41) is 7.30. The normalized spacial score (nSPS) is 16.1. The summed E-state index contributed by atoms with van der Waals surface area (Å²) >= 11 is 13.6. The third kappa shape index (κ3) is 2.95. The molecule has 1 aliphatic heterocycles. The van der Waals surface area contributed by atoms with Crippen LogP contribution in [0.3, 0.4) is 0 Å². The second kappa shape index (κ2) is 6.26. The zero-order chi connectivity index (χ0) is 17.6. The summed E-state index contributed by atoms with van der Waals surface area (Å²) in [5.41, 5.74) is 2.68. The Balaban J connectivity index is 1.72. The van der Waals surface area contributed by atoms with Gasteiger partial charge < -0.3 is 0 Å². The van der Waals surface area contributed by atoms with E-state index in [1.54, 1.807) is 31.2 Å². The standard InChI is InChI=1S/C18H11Cl2N3OS/c1-10-13(8-11-6-7-12(19)9-14(11)20)17(24)23(22-10)18-21-15-4-2-3-5-16(15)25-18/h2-9H,1H3/b13-8-. The minimum absolute atomic E-state index is 0.220. The molecule has 4 nitrogen and oxygen atoms in total. The van der Waals surface area contributed by atoms with Crippen LogP contribution in [0.25, 0.3) is 16.3 Å². The van der Waals surface area contributed by atoms with Crippen molar-refractivity contribution >= 4 is 67.6 Å². The first kappa shape index (κ1) is 16.3. The zero-order valence-corrected chi connectivity index (χ0v) is 15.4. The molecule has 0 saturated carbocycles. The smallest absolute Gasteiger partial charge is 0.267 e. The highest BCUT2D eigenvalue weighted by molar-refractivity contribution is 7.22. The Morgan fingerprint density at radius 3 is 2.72 bits per heavy atom. The molecule has 1 aromatic heterocycles. The van der Waals surface area contributed by atoms with Crippen molar-refractivity contribution in [2.45, 2.75) is 6.92 Å². The van der Waals surface area contributed by atoms with Crippen LogP contribution in [-0.4, -0.2) is 16.6 Å². The molecule has 0 saturated heterocycles. The number of hydrogen-bond acceptors (Lipinski definition) is 4. The number of hydrazone groups is 1. The quantitative estimate of drug-likeness (QED) is 0.551. The molecule has 2 aromatic carbocycles. The van der Waals surface area contributed by atoms with Crippen molar-refractivity contribution in [1.82, 2.24) is 4.98 Å². The second-order valence-corrected chi connectivity index (χ2v) is 7.34. The number of hydrogen-bond donors (Lipinski definition) is 0. The highest BCUT2D eigenvalue weighted by Gasteiger charge is 2.31. The number of aromatic nitrogens is 1. The predicted octanol–water partition coefficient (Wildman–Crippen LogP) is 5.41. The summed E-state index contributed by atoms with van der Waals surface area (Å²) in [6.07, 6.45) is 1.73. The SMILES string of the molecule is CC1=NN(c2nc3ccccc3s2)C(=O)/C1=C\c1ccc(Cl)cc1Cl. The molecule has 0 unspecified atom stereocenters. The maximum atomic E-state index is 12.8. The number of rotatable bonds is 2. The first-order chi connectivity index (χ1) is 12.0. The summed E-state index contributed by atoms with van der Waals surface area (Å²) in [7, 11) is 0. The summed E-state index contributed by atoms with van der Waals surface area (Å²) < 4.78 is 1.01. The number of carbonyl (C=O) groups is 1. The summed E-state index contributed by atoms with van der Waals surface area (Å²) in [4.78, 5) is 17.3. The van der Waals surface area contributed by atoms with Gasteiger partial charge in [0.25, 0.3) is 5.91 Å². The van der Waals surface area contributed by atoms with E-state index in [0.717, 1.165) is 15.8 Å². The maximum Gasteiger partial charge on any atom is 0.282 e. The molecular weight excluding hydrogens is 377 g/mol. The molecule has 0 N–H and O–H groups in total. The second-order valence-electron chi connectivity index (χ2n) is 5.49. The molecule has 0 aliphatic carbocycles. The summed E-state index contributed by atoms with van der Waals surface area (Å²) in [6, 6.07) is 12.9. The first-order valence-electron chi connectivity index (χ1n) is 7.45. The molecule has 0 fully saturated rings. The van der Waals surface area contributed by atoms with Crippen molar-refractivity contribution in [3.05, 3.63) is 63.6 Å². The Hall–Kier alpha value is -2.21. The van der Waals surface area contributed by atoms with Crippen LogP contribution in [0.2, 0.25) is 10.0 Å². The molecule has 0 atom stereocenters. The van der Waals surface area contributed by atoms with Crippen LogP contribution in [0.1, 0.15) is 12.5 Å². The fourth-order valence-corrected chi connectivity index (χ4v) is 3.92. The lowest BCUT2D eigenvalue weighted by Gasteiger charge is -2.06. The molecule has 25 heavy (non-hydrogen) atoms. The number of halogens is 2. The molecule has 1 amide bonds. The first-order valence-corrected chi connectivity index (χ1v) is 9.02. The van der Waals surface area contributed by atoms with E-state index in [2.05, 4.69) is 10.1 Å². The fourth-order valence-electron chi connectivity index (χ4n) is 2.54. The van der Waals surface area contributed by atoms with Crippen LogP contribution >= 0.6 is 34.5 Å². The monoisotopic (exact) mass is 387 g/mol. The van der Waals surface area contributed by atoms with Crippen LogP contribution in [0, 0.1) is 0 Å². The molecule has 3 aromatic rings. The van der Waals surface area contributed by atoms with Crippen molar-refractivity contribution < 1.29 is 4.79 Å². The lowest BCUT2D eigenvalue weighted by molar-refractivity contribution is -0.114. The Kier molecular flexibility index (Phi) is 4.07. The molecule has 7 heteroatoms. The van der Waals surface area contributed by atoms with Crippen molar-refractivity contribution in [1.29, 1.82) is 0 Å². The van der Waals surface area contributed by atoms with Crippen LogP contribution in [0.4, 0.5) is 5.13 Å². The van der Waals surface area contributed by atoms with Gasteiger partial charge in [0.05, 0.1) is 21.5 Å². The van der Waals surface area contributed by atoms with Gasteiger partial charge in [0.15, 0.2) is 0 Å². The fraction of sp³-hybridized carbons (Fsp3) is 0.0556. The van der Waals surface area contributed by atoms with E-state index in [1.165, 1.54) is 16.3 Å². The van der Waals surface area contributed by atoms with Gasteiger partial charge in [0.2, 0.25) is 5.13 Å². The highest BCUT2D eigenvalue weighted by atomic mass is 35.5. The van der Waals surface area contributed by atoms with E-state index in [1.807, 2.05) is 24.3 Å². The average molecular weight is 388 g/mol. The molecule has 0 bridgehead atoms. The van der Waals surface area contributed by atoms with Gasteiger partial charge in [-0.1, -0.05) is 52.7 Å². The molecule has 0 radical (unpaired) electrons. The van der Waals surface area contributed by atoms with Gasteiger partial charge in [-0.25, -0.2) is 4.98 Å². The van der Waals surface area contributed by atoms with Gasteiger partial charge in [-0.05, 0) is 42.8 Å². The third-order valence-electron chi connectivity index (χ3n) is 3.79. The lowest BCUT2D eigenvalue weighted by Crippen LogP contribution is -2.21. The highest BCUT2D eigenvalue weighted by Crippen LogP contribution is 2.33. The van der Waals surface area contributed by atoms with Gasteiger partial charge in [-0.3, -0.25) is 4.79 Å². The lowest BCUT2D eigenvalue weighted by atomic mass is 10.1. The number of fused-ring (bicyclic) bond motifs is 1. The van der Waals surface area contributed by atoms with Gasteiger partial charge in [-0.15, -0.1) is 0 Å². The molecule has 2 heterocycles. The van der Waals surface area contributed by atoms with Crippen molar-refractivity contribution in [3.8, 4) is 0 Å². The molecule has 0 spiro atoms. The maximum absolute atomic E-state index is 12.8. The van der Waals surface area contributed by atoms with E-state index in [9.17, 15) is 4.79 Å². The van der Waals surface area contributed by atoms with Gasteiger partial charge in [0.1, 0.15) is 0 Å².